The van der Waals surface area contributed by atoms with E-state index in [0.29, 0.717) is 5.56 Å². The molecule has 0 saturated carbocycles. The SMILES string of the molecule is Cc1cc(C(=O)Nc2cccc(F)c2F)ccc1F. The summed E-state index contributed by atoms with van der Waals surface area (Å²) in [6.45, 7) is 1.51. The Hall–Kier alpha value is -2.30. The van der Waals surface area contributed by atoms with Gasteiger partial charge in [-0.2, -0.15) is 0 Å². The molecule has 2 nitrogen and oxygen atoms in total. The molecule has 0 heterocycles. The van der Waals surface area contributed by atoms with Crippen molar-refractivity contribution in [3.05, 3.63) is 65.0 Å². The van der Waals surface area contributed by atoms with Crippen LogP contribution in [0.25, 0.3) is 0 Å². The summed E-state index contributed by atoms with van der Waals surface area (Å²) in [6, 6.07) is 7.23. The summed E-state index contributed by atoms with van der Waals surface area (Å²) < 4.78 is 39.4. The maximum atomic E-state index is 13.4. The van der Waals surface area contributed by atoms with E-state index in [1.807, 2.05) is 0 Å². The van der Waals surface area contributed by atoms with E-state index in [4.69, 9.17) is 0 Å². The second-order valence-corrected chi connectivity index (χ2v) is 4.02. The van der Waals surface area contributed by atoms with Crippen molar-refractivity contribution >= 4 is 11.6 Å². The fraction of sp³-hybridized carbons (Fsp3) is 0.0714. The number of amides is 1. The molecule has 0 radical (unpaired) electrons. The van der Waals surface area contributed by atoms with Crippen LogP contribution in [-0.2, 0) is 0 Å². The minimum absolute atomic E-state index is 0.169. The van der Waals surface area contributed by atoms with Crippen LogP contribution in [0.4, 0.5) is 18.9 Å². The monoisotopic (exact) mass is 265 g/mol. The molecule has 0 fully saturated rings. The van der Waals surface area contributed by atoms with Crippen molar-refractivity contribution in [2.75, 3.05) is 5.32 Å². The molecule has 19 heavy (non-hydrogen) atoms. The third-order valence-electron chi connectivity index (χ3n) is 2.62. The summed E-state index contributed by atoms with van der Waals surface area (Å²) in [5.74, 6) is -3.25. The van der Waals surface area contributed by atoms with E-state index >= 15 is 0 Å². The number of anilines is 1. The minimum Gasteiger partial charge on any atom is -0.319 e. The molecule has 98 valence electrons. The normalized spacial score (nSPS) is 10.3. The van der Waals surface area contributed by atoms with E-state index in [1.165, 1.54) is 31.2 Å². The Balaban J connectivity index is 2.26. The zero-order chi connectivity index (χ0) is 14.0. The summed E-state index contributed by atoms with van der Waals surface area (Å²) >= 11 is 0. The number of carbonyl (C=O) groups excluding carboxylic acids is 1. The highest BCUT2D eigenvalue weighted by Crippen LogP contribution is 2.18. The number of hydrogen-bond donors (Lipinski definition) is 1. The Morgan fingerprint density at radius 2 is 1.79 bits per heavy atom. The summed E-state index contributed by atoms with van der Waals surface area (Å²) in [5.41, 5.74) is 0.210. The van der Waals surface area contributed by atoms with E-state index < -0.39 is 23.4 Å². The second kappa shape index (κ2) is 5.14. The third-order valence-corrected chi connectivity index (χ3v) is 2.62. The van der Waals surface area contributed by atoms with Crippen molar-refractivity contribution in [3.8, 4) is 0 Å². The van der Waals surface area contributed by atoms with E-state index in [9.17, 15) is 18.0 Å². The van der Waals surface area contributed by atoms with Crippen LogP contribution in [0.3, 0.4) is 0 Å². The van der Waals surface area contributed by atoms with Crippen molar-refractivity contribution in [1.29, 1.82) is 0 Å². The Morgan fingerprint density at radius 1 is 1.05 bits per heavy atom. The average molecular weight is 265 g/mol. The molecular weight excluding hydrogens is 255 g/mol. The second-order valence-electron chi connectivity index (χ2n) is 4.02. The zero-order valence-electron chi connectivity index (χ0n) is 10.0. The van der Waals surface area contributed by atoms with Crippen LogP contribution >= 0.6 is 0 Å². The molecule has 0 atom stereocenters. The Labute approximate surface area is 107 Å². The lowest BCUT2D eigenvalue weighted by Crippen LogP contribution is -2.13. The highest BCUT2D eigenvalue weighted by Gasteiger charge is 2.12. The molecular formula is C14H10F3NO. The molecule has 1 amide bonds. The molecule has 5 heteroatoms. The summed E-state index contributed by atoms with van der Waals surface area (Å²) in [5, 5.41) is 2.24. The number of carbonyl (C=O) groups is 1. The van der Waals surface area contributed by atoms with Crippen LogP contribution in [0.1, 0.15) is 15.9 Å². The predicted molar refractivity (Wildman–Crippen MR) is 65.4 cm³/mol. The van der Waals surface area contributed by atoms with Crippen LogP contribution in [-0.4, -0.2) is 5.91 Å². The molecule has 0 aliphatic heterocycles. The highest BCUT2D eigenvalue weighted by atomic mass is 19.2. The largest absolute Gasteiger partial charge is 0.319 e. The Kier molecular flexibility index (Phi) is 3.55. The number of rotatable bonds is 2. The smallest absolute Gasteiger partial charge is 0.255 e. The maximum Gasteiger partial charge on any atom is 0.255 e. The van der Waals surface area contributed by atoms with Gasteiger partial charge in [0.15, 0.2) is 11.6 Å². The first-order valence-electron chi connectivity index (χ1n) is 5.50. The molecule has 0 unspecified atom stereocenters. The van der Waals surface area contributed by atoms with Crippen molar-refractivity contribution in [1.82, 2.24) is 0 Å². The van der Waals surface area contributed by atoms with Crippen molar-refractivity contribution < 1.29 is 18.0 Å². The first-order chi connectivity index (χ1) is 8.99. The topological polar surface area (TPSA) is 29.1 Å². The van der Waals surface area contributed by atoms with Gasteiger partial charge in [-0.25, -0.2) is 13.2 Å². The fourth-order valence-corrected chi connectivity index (χ4v) is 1.58. The summed E-state index contributed by atoms with van der Waals surface area (Å²) in [7, 11) is 0. The molecule has 0 bridgehead atoms. The van der Waals surface area contributed by atoms with Crippen LogP contribution < -0.4 is 5.32 Å². The van der Waals surface area contributed by atoms with Crippen molar-refractivity contribution in [2.24, 2.45) is 0 Å². The molecule has 2 aromatic carbocycles. The number of nitrogens with one attached hydrogen (secondary N) is 1. The summed E-state index contributed by atoms with van der Waals surface area (Å²) in [4.78, 5) is 11.8. The van der Waals surface area contributed by atoms with Crippen LogP contribution in [0, 0.1) is 24.4 Å². The first-order valence-corrected chi connectivity index (χ1v) is 5.50. The maximum absolute atomic E-state index is 13.4. The van der Waals surface area contributed by atoms with Gasteiger partial charge in [-0.15, -0.1) is 0 Å². The van der Waals surface area contributed by atoms with Gasteiger partial charge in [-0.05, 0) is 42.8 Å². The van der Waals surface area contributed by atoms with E-state index in [0.717, 1.165) is 12.1 Å². The molecule has 2 aromatic rings. The summed E-state index contributed by atoms with van der Waals surface area (Å²) in [6.07, 6.45) is 0. The molecule has 0 spiro atoms. The van der Waals surface area contributed by atoms with E-state index in [-0.39, 0.29) is 11.3 Å². The van der Waals surface area contributed by atoms with Gasteiger partial charge in [0.2, 0.25) is 0 Å². The molecule has 1 N–H and O–H groups in total. The van der Waals surface area contributed by atoms with E-state index in [1.54, 1.807) is 0 Å². The lowest BCUT2D eigenvalue weighted by Gasteiger charge is -2.07. The molecule has 0 aliphatic carbocycles. The van der Waals surface area contributed by atoms with Gasteiger partial charge in [0.1, 0.15) is 5.82 Å². The Morgan fingerprint density at radius 3 is 2.47 bits per heavy atom. The number of hydrogen-bond acceptors (Lipinski definition) is 1. The van der Waals surface area contributed by atoms with Gasteiger partial charge >= 0.3 is 0 Å². The third kappa shape index (κ3) is 2.76. The first kappa shape index (κ1) is 13.1. The number of halogens is 3. The van der Waals surface area contributed by atoms with Crippen molar-refractivity contribution in [2.45, 2.75) is 6.92 Å². The average Bonchev–Trinajstić information content (AvgIpc) is 2.38. The van der Waals surface area contributed by atoms with Gasteiger partial charge in [0.25, 0.3) is 5.91 Å². The van der Waals surface area contributed by atoms with Gasteiger partial charge < -0.3 is 5.32 Å². The standard InChI is InChI=1S/C14H10F3NO/c1-8-7-9(5-6-10(8)15)14(19)18-12-4-2-3-11(16)13(12)17/h2-7H,1H3,(H,18,19). The lowest BCUT2D eigenvalue weighted by atomic mass is 10.1. The minimum atomic E-state index is -1.13. The van der Waals surface area contributed by atoms with E-state index in [2.05, 4.69) is 5.32 Å². The quantitative estimate of drug-likeness (QED) is 0.882. The van der Waals surface area contributed by atoms with Crippen LogP contribution in [0.15, 0.2) is 36.4 Å². The predicted octanol–water partition coefficient (Wildman–Crippen LogP) is 3.66. The van der Waals surface area contributed by atoms with Gasteiger partial charge in [-0.3, -0.25) is 4.79 Å². The van der Waals surface area contributed by atoms with Crippen LogP contribution in [0.2, 0.25) is 0 Å². The molecule has 2 rings (SSSR count). The molecule has 0 aliphatic rings. The number of aryl methyl sites for hydroxylation is 1. The van der Waals surface area contributed by atoms with Gasteiger partial charge in [-0.1, -0.05) is 6.07 Å². The van der Waals surface area contributed by atoms with Crippen molar-refractivity contribution in [3.63, 3.8) is 0 Å². The zero-order valence-corrected chi connectivity index (χ0v) is 10.0. The fourth-order valence-electron chi connectivity index (χ4n) is 1.58. The van der Waals surface area contributed by atoms with Gasteiger partial charge in [0, 0.05) is 5.56 Å². The lowest BCUT2D eigenvalue weighted by molar-refractivity contribution is 0.102. The molecule has 0 aromatic heterocycles. The van der Waals surface area contributed by atoms with Gasteiger partial charge in [0.05, 0.1) is 5.69 Å². The van der Waals surface area contributed by atoms with Crippen LogP contribution in [0.5, 0.6) is 0 Å². The highest BCUT2D eigenvalue weighted by molar-refractivity contribution is 6.04. The Bertz CT molecular complexity index is 641. The number of benzene rings is 2. The molecule has 0 saturated heterocycles.